The number of halogens is 2. The number of alkyl halides is 1. The third-order valence-corrected chi connectivity index (χ3v) is 10.6. The Labute approximate surface area is 253 Å². The molecule has 8 nitrogen and oxygen atoms in total. The van der Waals surface area contributed by atoms with Gasteiger partial charge in [0.05, 0.1) is 0 Å². The van der Waals surface area contributed by atoms with Crippen LogP contribution in [0.3, 0.4) is 0 Å². The van der Waals surface area contributed by atoms with Gasteiger partial charge in [-0.1, -0.05) is 0 Å². The van der Waals surface area contributed by atoms with Crippen LogP contribution in [0, 0.1) is 22.0 Å². The van der Waals surface area contributed by atoms with Crippen LogP contribution in [0.2, 0.25) is 0 Å². The number of nitriles is 1. The molecule has 41 heavy (non-hydrogen) atoms. The number of rotatable bonds is 12. The Balaban J connectivity index is 1.63. The van der Waals surface area contributed by atoms with Crippen LogP contribution in [-0.2, 0) is 17.6 Å². The van der Waals surface area contributed by atoms with E-state index < -0.39 is 39.0 Å². The summed E-state index contributed by atoms with van der Waals surface area (Å²) < 4.78 is 22.2. The van der Waals surface area contributed by atoms with Crippen molar-refractivity contribution in [3.05, 3.63) is 57.1 Å². The van der Waals surface area contributed by atoms with Crippen molar-refractivity contribution in [2.45, 2.75) is 64.5 Å². The molecule has 0 saturated carbocycles. The third-order valence-electron chi connectivity index (χ3n) is 7.94. The van der Waals surface area contributed by atoms with Gasteiger partial charge in [0.2, 0.25) is 0 Å². The molecule has 2 unspecified atom stereocenters. The zero-order chi connectivity index (χ0) is 29.4. The predicted molar refractivity (Wildman–Crippen MR) is 154 cm³/mol. The summed E-state index contributed by atoms with van der Waals surface area (Å²) in [5.74, 6) is -0.909. The number of hydrogen-bond acceptors (Lipinski definition) is 7. The Bertz CT molecular complexity index is 1270. The molecule has 2 fully saturated rings. The molecule has 3 heterocycles. The van der Waals surface area contributed by atoms with E-state index in [2.05, 4.69) is 67.6 Å². The molecule has 2 atom stereocenters. The van der Waals surface area contributed by atoms with Gasteiger partial charge in [-0.15, -0.1) is 0 Å². The topological polar surface area (TPSA) is 85.6 Å². The van der Waals surface area contributed by atoms with E-state index in [4.69, 9.17) is 14.7 Å². The molecule has 2 saturated heterocycles. The number of benzene rings is 1. The van der Waals surface area contributed by atoms with E-state index in [9.17, 15) is 14.4 Å². The Morgan fingerprint density at radius 2 is 2.02 bits per heavy atom. The molecule has 222 valence electrons. The van der Waals surface area contributed by atoms with Gasteiger partial charge in [-0.3, -0.25) is 0 Å². The molecule has 4 rings (SSSR count). The quantitative estimate of drug-likeness (QED) is 0.144. The average molecular weight is 676 g/mol. The number of nitrogens with zero attached hydrogens (tertiary/aromatic N) is 6. The number of carbonyl (C=O) groups is 1. The van der Waals surface area contributed by atoms with Gasteiger partial charge < -0.3 is 0 Å². The second kappa shape index (κ2) is 14.9. The van der Waals surface area contributed by atoms with Gasteiger partial charge in [-0.2, -0.15) is 0 Å². The molecule has 1 aromatic carbocycles. The molecular formula is C31H41FIN6O2-. The summed E-state index contributed by atoms with van der Waals surface area (Å²) in [6, 6.07) is 11.0. The summed E-state index contributed by atoms with van der Waals surface area (Å²) in [5.41, 5.74) is 3.82. The Morgan fingerprint density at radius 1 is 1.22 bits per heavy atom. The van der Waals surface area contributed by atoms with Crippen LogP contribution in [0.15, 0.2) is 36.7 Å². The average Bonchev–Trinajstić information content (AvgIpc) is 3.38. The van der Waals surface area contributed by atoms with Crippen LogP contribution in [0.25, 0.3) is 0 Å². The summed E-state index contributed by atoms with van der Waals surface area (Å²) >= 11 is -0.427. The normalized spacial score (nSPS) is 19.4. The van der Waals surface area contributed by atoms with Crippen LogP contribution in [0.4, 0.5) is 10.2 Å². The van der Waals surface area contributed by atoms with Crippen LogP contribution in [0.1, 0.15) is 49.3 Å². The summed E-state index contributed by atoms with van der Waals surface area (Å²) in [4.78, 5) is 28.3. The molecule has 0 N–H and O–H groups in total. The standard InChI is InChI=1S/C31H41FIN6O2/c1-5-9-27-28(33-15-13-24-11-7-6-10-22(24)2)35-31(41-21-26-12-8-17-37(26)4)36-29(27)38-18-19-39(30(40)23(3)32)25(20-38)14-16-34/h6-7,10-11,25-26H,3,5,8-9,12-15,17-21H2,1-2,4H3/q-1. The predicted octanol–water partition coefficient (Wildman–Crippen LogP) is 1.13. The van der Waals surface area contributed by atoms with Crippen molar-refractivity contribution >= 4 is 11.7 Å². The fraction of sp³-hybridized carbons (Fsp3) is 0.548. The fourth-order valence-corrected chi connectivity index (χ4v) is 8.28. The monoisotopic (exact) mass is 675 g/mol. The Kier molecular flexibility index (Phi) is 11.3. The van der Waals surface area contributed by atoms with Crippen molar-refractivity contribution in [1.82, 2.24) is 19.8 Å². The van der Waals surface area contributed by atoms with E-state index in [0.717, 1.165) is 58.2 Å². The number of piperazine rings is 1. The van der Waals surface area contributed by atoms with Crippen LogP contribution < -0.4 is 30.8 Å². The molecular weight excluding hydrogens is 634 g/mol. The minimum absolute atomic E-state index is 0.108. The van der Waals surface area contributed by atoms with Gasteiger partial charge in [0.15, 0.2) is 0 Å². The maximum atomic E-state index is 13.8. The minimum atomic E-state index is -0.997. The molecule has 10 heteroatoms. The number of amides is 1. The van der Waals surface area contributed by atoms with Crippen molar-refractivity contribution < 1.29 is 35.1 Å². The molecule has 2 aliphatic heterocycles. The van der Waals surface area contributed by atoms with Crippen LogP contribution >= 0.6 is 0 Å². The number of aryl methyl sites for hydroxylation is 2. The first-order valence-electron chi connectivity index (χ1n) is 14.5. The van der Waals surface area contributed by atoms with Gasteiger partial charge in [0.1, 0.15) is 0 Å². The van der Waals surface area contributed by atoms with E-state index >= 15 is 0 Å². The molecule has 1 amide bonds. The summed E-state index contributed by atoms with van der Waals surface area (Å²) in [5, 5.41) is 9.48. The number of likely N-dealkylation sites (N-methyl/N-ethyl adjacent to an activating group) is 1. The van der Waals surface area contributed by atoms with Gasteiger partial charge in [0.25, 0.3) is 0 Å². The molecule has 0 bridgehead atoms. The molecule has 0 radical (unpaired) electrons. The number of anilines is 1. The fourth-order valence-electron chi connectivity index (χ4n) is 5.57. The van der Waals surface area contributed by atoms with Gasteiger partial charge in [0, 0.05) is 0 Å². The zero-order valence-corrected chi connectivity index (χ0v) is 26.6. The second-order valence-electron chi connectivity index (χ2n) is 10.8. The number of likely N-dealkylation sites (tertiary alicyclic amines) is 1. The van der Waals surface area contributed by atoms with Crippen molar-refractivity contribution in [3.8, 4) is 12.1 Å². The van der Waals surface area contributed by atoms with Crippen LogP contribution in [-0.4, -0.2) is 82.0 Å². The SMILES string of the molecule is C=C(F)C(=O)N1CCN(c2nc(OCC3CCCN3C)nc([I-]CCc3ccccc3C)c2CCC)CC1CC#N. The molecule has 0 aliphatic carbocycles. The van der Waals surface area contributed by atoms with E-state index in [1.165, 1.54) is 16.0 Å². The van der Waals surface area contributed by atoms with Gasteiger partial charge in [-0.05, 0) is 0 Å². The van der Waals surface area contributed by atoms with Gasteiger partial charge >= 0.3 is 255 Å². The first-order chi connectivity index (χ1) is 19.8. The Hall–Kier alpha value is -2.78. The number of ether oxygens (including phenoxy) is 1. The number of hydrogen-bond donors (Lipinski definition) is 0. The third kappa shape index (κ3) is 7.95. The molecule has 0 spiro atoms. The summed E-state index contributed by atoms with van der Waals surface area (Å²) in [6.07, 6.45) is 5.16. The van der Waals surface area contributed by atoms with E-state index in [0.29, 0.717) is 38.3 Å². The summed E-state index contributed by atoms with van der Waals surface area (Å²) in [6.45, 7) is 10.3. The van der Waals surface area contributed by atoms with Crippen molar-refractivity contribution in [3.63, 3.8) is 0 Å². The molecule has 1 aromatic heterocycles. The van der Waals surface area contributed by atoms with Crippen LogP contribution in [0.5, 0.6) is 6.01 Å². The first kappa shape index (κ1) is 31.2. The van der Waals surface area contributed by atoms with Gasteiger partial charge in [-0.25, -0.2) is 0 Å². The van der Waals surface area contributed by atoms with Crippen molar-refractivity contribution in [2.24, 2.45) is 0 Å². The van der Waals surface area contributed by atoms with E-state index in [1.807, 2.05) is 0 Å². The Morgan fingerprint density at radius 3 is 2.71 bits per heavy atom. The molecule has 2 aromatic rings. The van der Waals surface area contributed by atoms with E-state index in [1.54, 1.807) is 0 Å². The van der Waals surface area contributed by atoms with E-state index in [-0.39, 0.29) is 6.42 Å². The molecule has 2 aliphatic rings. The zero-order valence-electron chi connectivity index (χ0n) is 24.4. The maximum absolute atomic E-state index is 13.8. The number of aromatic nitrogens is 2. The van der Waals surface area contributed by atoms with Crippen molar-refractivity contribution in [1.29, 1.82) is 5.26 Å². The number of carbonyl (C=O) groups excluding carboxylic acids is 1. The van der Waals surface area contributed by atoms with Crippen molar-refractivity contribution in [2.75, 3.05) is 49.2 Å². The summed E-state index contributed by atoms with van der Waals surface area (Å²) in [7, 11) is 2.13. The first-order valence-corrected chi connectivity index (χ1v) is 17.1. The second-order valence-corrected chi connectivity index (χ2v) is 13.7.